The molecule has 0 aliphatic carbocycles. The maximum absolute atomic E-state index is 12.8. The van der Waals surface area contributed by atoms with E-state index in [2.05, 4.69) is 15.6 Å². The summed E-state index contributed by atoms with van der Waals surface area (Å²) >= 11 is 0. The van der Waals surface area contributed by atoms with Crippen LogP contribution in [0, 0.1) is 5.82 Å². The molecule has 0 unspecified atom stereocenters. The first-order valence-corrected chi connectivity index (χ1v) is 7.07. The van der Waals surface area contributed by atoms with Crippen LogP contribution in [-0.2, 0) is 24.4 Å². The highest BCUT2D eigenvalue weighted by atomic mass is 19.1. The van der Waals surface area contributed by atoms with Crippen molar-refractivity contribution in [2.75, 3.05) is 0 Å². The first-order valence-electron chi connectivity index (χ1n) is 7.07. The molecular weight excluding hydrogens is 319 g/mol. The molecule has 1 aliphatic heterocycles. The van der Waals surface area contributed by atoms with Gasteiger partial charge in [0.15, 0.2) is 5.69 Å². The zero-order valence-corrected chi connectivity index (χ0v) is 12.4. The molecule has 0 fully saturated rings. The van der Waals surface area contributed by atoms with Crippen LogP contribution in [0.5, 0.6) is 5.75 Å². The fraction of sp³-hybridized carbons (Fsp3) is 0.200. The number of amides is 2. The first kappa shape index (κ1) is 15.7. The molecule has 0 bridgehead atoms. The molecule has 0 atom stereocenters. The summed E-state index contributed by atoms with van der Waals surface area (Å²) in [6, 6.07) is 5.51. The van der Waals surface area contributed by atoms with Crippen molar-refractivity contribution in [3.8, 4) is 5.75 Å². The second kappa shape index (κ2) is 6.11. The van der Waals surface area contributed by atoms with Gasteiger partial charge in [-0.25, -0.2) is 9.37 Å². The molecule has 2 aromatic rings. The molecule has 2 heterocycles. The van der Waals surface area contributed by atoms with Crippen molar-refractivity contribution in [1.82, 2.24) is 20.2 Å². The molecule has 0 radical (unpaired) electrons. The molecule has 0 spiro atoms. The molecule has 124 valence electrons. The smallest absolute Gasteiger partial charge is 0.297 e. The van der Waals surface area contributed by atoms with E-state index in [9.17, 15) is 23.9 Å². The van der Waals surface area contributed by atoms with E-state index in [1.165, 1.54) is 24.3 Å². The monoisotopic (exact) mass is 332 g/mol. The standard InChI is InChI=1S/C15H13FN4O4/c16-9-3-1-8(2-4-9)5-18-14(23)12-13(22)15(24)20-7-11(21)17-6-10(20)19-12/h1-4,22H,5-7H2,(H,17,21)(H,18,23). The van der Waals surface area contributed by atoms with Crippen molar-refractivity contribution in [3.63, 3.8) is 0 Å². The summed E-state index contributed by atoms with van der Waals surface area (Å²) in [5, 5.41) is 14.9. The van der Waals surface area contributed by atoms with Crippen LogP contribution >= 0.6 is 0 Å². The minimum absolute atomic E-state index is 0.00735. The lowest BCUT2D eigenvalue weighted by Crippen LogP contribution is -2.42. The summed E-state index contributed by atoms with van der Waals surface area (Å²) in [7, 11) is 0. The number of halogens is 1. The summed E-state index contributed by atoms with van der Waals surface area (Å²) in [5.74, 6) is -2.14. The van der Waals surface area contributed by atoms with E-state index in [4.69, 9.17) is 0 Å². The Labute approximate surface area is 135 Å². The molecule has 3 rings (SSSR count). The molecule has 1 aromatic heterocycles. The topological polar surface area (TPSA) is 113 Å². The lowest BCUT2D eigenvalue weighted by atomic mass is 10.2. The second-order valence-corrected chi connectivity index (χ2v) is 5.20. The van der Waals surface area contributed by atoms with Crippen LogP contribution < -0.4 is 16.2 Å². The van der Waals surface area contributed by atoms with Gasteiger partial charge in [-0.1, -0.05) is 12.1 Å². The minimum atomic E-state index is -0.846. The van der Waals surface area contributed by atoms with Crippen LogP contribution in [0.2, 0.25) is 0 Å². The molecule has 24 heavy (non-hydrogen) atoms. The molecular formula is C15H13FN4O4. The van der Waals surface area contributed by atoms with E-state index < -0.39 is 28.7 Å². The number of hydrogen-bond donors (Lipinski definition) is 3. The van der Waals surface area contributed by atoms with Gasteiger partial charge in [0.1, 0.15) is 18.2 Å². The predicted molar refractivity (Wildman–Crippen MR) is 79.6 cm³/mol. The van der Waals surface area contributed by atoms with Gasteiger partial charge in [0.25, 0.3) is 11.5 Å². The zero-order valence-electron chi connectivity index (χ0n) is 12.4. The molecule has 1 aromatic carbocycles. The third-order valence-corrected chi connectivity index (χ3v) is 3.55. The van der Waals surface area contributed by atoms with E-state index in [-0.39, 0.29) is 31.4 Å². The van der Waals surface area contributed by atoms with Crippen LogP contribution in [0.3, 0.4) is 0 Å². The Bertz CT molecular complexity index is 876. The van der Waals surface area contributed by atoms with E-state index in [1.807, 2.05) is 0 Å². The molecule has 1 aliphatic rings. The summed E-state index contributed by atoms with van der Waals surface area (Å²) < 4.78 is 13.9. The largest absolute Gasteiger partial charge is 0.501 e. The number of aromatic hydroxyl groups is 1. The van der Waals surface area contributed by atoms with Crippen LogP contribution in [-0.4, -0.2) is 26.5 Å². The van der Waals surface area contributed by atoms with Gasteiger partial charge < -0.3 is 15.7 Å². The average Bonchev–Trinajstić information content (AvgIpc) is 2.58. The quantitative estimate of drug-likeness (QED) is 0.711. The van der Waals surface area contributed by atoms with E-state index in [0.717, 1.165) is 4.57 Å². The highest BCUT2D eigenvalue weighted by Gasteiger charge is 2.24. The number of nitrogens with zero attached hydrogens (tertiary/aromatic N) is 2. The molecule has 9 heteroatoms. The molecule has 8 nitrogen and oxygen atoms in total. The molecule has 3 N–H and O–H groups in total. The maximum atomic E-state index is 12.8. The number of hydrogen-bond acceptors (Lipinski definition) is 5. The molecule has 0 saturated heterocycles. The molecule has 2 amide bonds. The number of carbonyl (C=O) groups excluding carboxylic acids is 2. The van der Waals surface area contributed by atoms with Gasteiger partial charge in [0, 0.05) is 6.54 Å². The van der Waals surface area contributed by atoms with Gasteiger partial charge in [-0.2, -0.15) is 0 Å². The van der Waals surface area contributed by atoms with Crippen molar-refractivity contribution in [3.05, 3.63) is 57.5 Å². The van der Waals surface area contributed by atoms with Gasteiger partial charge in [-0.05, 0) is 17.7 Å². The van der Waals surface area contributed by atoms with E-state index in [1.54, 1.807) is 0 Å². The van der Waals surface area contributed by atoms with Crippen molar-refractivity contribution >= 4 is 11.8 Å². The van der Waals surface area contributed by atoms with Crippen LogP contribution in [0.25, 0.3) is 0 Å². The summed E-state index contributed by atoms with van der Waals surface area (Å²) in [4.78, 5) is 39.5. The number of carbonyl (C=O) groups is 2. The van der Waals surface area contributed by atoms with E-state index in [0.29, 0.717) is 5.56 Å². The summed E-state index contributed by atoms with van der Waals surface area (Å²) in [6.07, 6.45) is 0. The number of fused-ring (bicyclic) bond motifs is 1. The fourth-order valence-electron chi connectivity index (χ4n) is 2.29. The van der Waals surface area contributed by atoms with E-state index >= 15 is 0 Å². The van der Waals surface area contributed by atoms with Crippen molar-refractivity contribution in [1.29, 1.82) is 0 Å². The fourth-order valence-corrected chi connectivity index (χ4v) is 2.29. The Kier molecular flexibility index (Phi) is 3.98. The number of rotatable bonds is 3. The van der Waals surface area contributed by atoms with Gasteiger partial charge in [0.05, 0.1) is 6.54 Å². The number of benzene rings is 1. The minimum Gasteiger partial charge on any atom is -0.501 e. The Morgan fingerprint density at radius 2 is 2.04 bits per heavy atom. The predicted octanol–water partition coefficient (Wildman–Crippen LogP) is -0.352. The number of aromatic nitrogens is 2. The summed E-state index contributed by atoms with van der Waals surface area (Å²) in [6.45, 7) is -0.186. The number of nitrogens with one attached hydrogen (secondary N) is 2. The van der Waals surface area contributed by atoms with Crippen LogP contribution in [0.4, 0.5) is 4.39 Å². The van der Waals surface area contributed by atoms with Crippen molar-refractivity contribution < 1.29 is 19.1 Å². The van der Waals surface area contributed by atoms with Crippen molar-refractivity contribution in [2.45, 2.75) is 19.6 Å². The third kappa shape index (κ3) is 2.96. The highest BCUT2D eigenvalue weighted by molar-refractivity contribution is 5.94. The highest BCUT2D eigenvalue weighted by Crippen LogP contribution is 2.12. The lowest BCUT2D eigenvalue weighted by Gasteiger charge is -2.19. The van der Waals surface area contributed by atoms with Gasteiger partial charge in [-0.3, -0.25) is 19.0 Å². The van der Waals surface area contributed by atoms with Gasteiger partial charge >= 0.3 is 0 Å². The van der Waals surface area contributed by atoms with Crippen LogP contribution in [0.15, 0.2) is 29.1 Å². The second-order valence-electron chi connectivity index (χ2n) is 5.20. The Morgan fingerprint density at radius 3 is 2.75 bits per heavy atom. The Morgan fingerprint density at radius 1 is 1.33 bits per heavy atom. The average molecular weight is 332 g/mol. The third-order valence-electron chi connectivity index (χ3n) is 3.55. The van der Waals surface area contributed by atoms with Gasteiger partial charge in [0.2, 0.25) is 11.7 Å². The Balaban J connectivity index is 1.82. The van der Waals surface area contributed by atoms with Crippen molar-refractivity contribution in [2.24, 2.45) is 0 Å². The van der Waals surface area contributed by atoms with Crippen LogP contribution in [0.1, 0.15) is 21.9 Å². The first-order chi connectivity index (χ1) is 11.5. The summed E-state index contributed by atoms with van der Waals surface area (Å²) in [5.41, 5.74) is -0.613. The SMILES string of the molecule is O=C1Cn2c(nc(C(=O)NCc3ccc(F)cc3)c(O)c2=O)CN1. The normalized spacial score (nSPS) is 13.1. The van der Waals surface area contributed by atoms with Gasteiger partial charge in [-0.15, -0.1) is 0 Å². The maximum Gasteiger partial charge on any atom is 0.297 e. The molecule has 0 saturated carbocycles. The zero-order chi connectivity index (χ0) is 17.3. The lowest BCUT2D eigenvalue weighted by molar-refractivity contribution is -0.122. The Hall–Kier alpha value is -3.23.